The molecule has 0 unspecified atom stereocenters. The predicted octanol–water partition coefficient (Wildman–Crippen LogP) is 7.26. The zero-order valence-electron chi connectivity index (χ0n) is 21.0. The van der Waals surface area contributed by atoms with Crippen molar-refractivity contribution in [2.24, 2.45) is 7.05 Å². The lowest BCUT2D eigenvalue weighted by Crippen LogP contribution is -2.40. The molecule has 0 amide bonds. The van der Waals surface area contributed by atoms with E-state index in [0.717, 1.165) is 17.7 Å². The number of halogens is 3. The molecule has 9 heteroatoms. The van der Waals surface area contributed by atoms with E-state index in [1.807, 2.05) is 34.7 Å². The number of pyridine rings is 1. The molecule has 0 saturated carbocycles. The number of aromatic nitrogens is 1. The highest BCUT2D eigenvalue weighted by Gasteiger charge is 2.37. The lowest BCUT2D eigenvalue weighted by molar-refractivity contribution is 0.276. The maximum absolute atomic E-state index is 14.4. The van der Waals surface area contributed by atoms with Gasteiger partial charge in [0.1, 0.15) is 20.9 Å². The van der Waals surface area contributed by atoms with Crippen LogP contribution < -0.4 is 15.0 Å². The van der Waals surface area contributed by atoms with E-state index in [1.165, 1.54) is 17.7 Å². The fourth-order valence-electron chi connectivity index (χ4n) is 3.20. The van der Waals surface area contributed by atoms with Crippen LogP contribution in [0.2, 0.25) is 18.1 Å². The lowest BCUT2D eigenvalue weighted by atomic mass is 10.0. The fourth-order valence-corrected chi connectivity index (χ4v) is 5.05. The van der Waals surface area contributed by atoms with Crippen LogP contribution in [-0.2, 0) is 18.1 Å². The molecule has 0 aliphatic rings. The largest absolute Gasteiger partial charge is 0.495 e. The van der Waals surface area contributed by atoms with Gasteiger partial charge in [-0.05, 0) is 70.6 Å². The molecule has 0 saturated heterocycles. The first-order chi connectivity index (χ1) is 16.2. The number of aryl methyl sites for hydroxylation is 1. The Morgan fingerprint density at radius 2 is 1.69 bits per heavy atom. The summed E-state index contributed by atoms with van der Waals surface area (Å²) in [6, 6.07) is 8.61. The van der Waals surface area contributed by atoms with Crippen LogP contribution in [0.25, 0.3) is 11.1 Å². The van der Waals surface area contributed by atoms with Crippen molar-refractivity contribution in [2.75, 3.05) is 7.11 Å². The van der Waals surface area contributed by atoms with Crippen molar-refractivity contribution in [3.63, 3.8) is 0 Å². The van der Waals surface area contributed by atoms with Gasteiger partial charge in [-0.15, -0.1) is 0 Å². The first-order valence-electron chi connectivity index (χ1n) is 11.1. The van der Waals surface area contributed by atoms with Gasteiger partial charge in [-0.1, -0.05) is 26.8 Å². The molecule has 0 aliphatic heterocycles. The monoisotopic (exact) mass is 613 g/mol. The van der Waals surface area contributed by atoms with Crippen LogP contribution >= 0.6 is 22.6 Å². The van der Waals surface area contributed by atoms with E-state index in [9.17, 15) is 13.6 Å². The standard InChI is InChI=1S/C26H30F2INO4Si/c1-26(2,3)35(6,7)33-15-16-8-10-21(34-22-11-9-17(27)13-20(22)28)18(12-16)19-14-30(4)25(31)23(29)24(19)32-5/h8-14H,15H2,1-7H3. The zero-order valence-corrected chi connectivity index (χ0v) is 24.1. The van der Waals surface area contributed by atoms with Gasteiger partial charge in [0.05, 0.1) is 13.7 Å². The molecular formula is C26H30F2INO4Si. The van der Waals surface area contributed by atoms with Gasteiger partial charge in [-0.25, -0.2) is 8.78 Å². The summed E-state index contributed by atoms with van der Waals surface area (Å²) in [5.74, 6) is -0.901. The molecular weight excluding hydrogens is 583 g/mol. The third kappa shape index (κ3) is 5.95. The smallest absolute Gasteiger partial charge is 0.267 e. The van der Waals surface area contributed by atoms with Crippen LogP contribution in [0, 0.1) is 15.2 Å². The topological polar surface area (TPSA) is 49.7 Å². The molecule has 3 aromatic rings. The maximum atomic E-state index is 14.4. The SMILES string of the molecule is COc1c(-c2cc(CO[Si](C)(C)C(C)(C)C)ccc2Oc2ccc(F)cc2F)cn(C)c(=O)c1I. The Balaban J connectivity index is 2.14. The highest BCUT2D eigenvalue weighted by molar-refractivity contribution is 14.1. The van der Waals surface area contributed by atoms with E-state index >= 15 is 0 Å². The van der Waals surface area contributed by atoms with Gasteiger partial charge in [0, 0.05) is 30.4 Å². The van der Waals surface area contributed by atoms with Crippen molar-refractivity contribution in [3.05, 3.63) is 73.7 Å². The second kappa shape index (κ2) is 10.4. The minimum atomic E-state index is -2.00. The van der Waals surface area contributed by atoms with Gasteiger partial charge in [-0.3, -0.25) is 4.79 Å². The van der Waals surface area contributed by atoms with Crippen LogP contribution in [0.3, 0.4) is 0 Å². The third-order valence-corrected chi connectivity index (χ3v) is 11.8. The molecule has 3 rings (SSSR count). The molecule has 0 spiro atoms. The molecule has 0 N–H and O–H groups in total. The molecule has 2 aromatic carbocycles. The quantitative estimate of drug-likeness (QED) is 0.208. The van der Waals surface area contributed by atoms with Gasteiger partial charge in [0.2, 0.25) is 0 Å². The number of rotatable bonds is 7. The van der Waals surface area contributed by atoms with E-state index in [1.54, 1.807) is 19.3 Å². The average Bonchev–Trinajstić information content (AvgIpc) is 2.77. The van der Waals surface area contributed by atoms with Crippen LogP contribution in [-0.4, -0.2) is 20.0 Å². The Morgan fingerprint density at radius 1 is 1.03 bits per heavy atom. The first-order valence-corrected chi connectivity index (χ1v) is 15.1. The number of hydrogen-bond donors (Lipinski definition) is 0. The predicted molar refractivity (Wildman–Crippen MR) is 145 cm³/mol. The Bertz CT molecular complexity index is 1300. The summed E-state index contributed by atoms with van der Waals surface area (Å²) in [4.78, 5) is 12.5. The van der Waals surface area contributed by atoms with E-state index < -0.39 is 20.0 Å². The summed E-state index contributed by atoms with van der Waals surface area (Å²) in [7, 11) is 1.14. The second-order valence-electron chi connectivity index (χ2n) is 9.86. The molecule has 0 atom stereocenters. The summed E-state index contributed by atoms with van der Waals surface area (Å²) in [6.45, 7) is 11.3. The Morgan fingerprint density at radius 3 is 2.29 bits per heavy atom. The van der Waals surface area contributed by atoms with Crippen molar-refractivity contribution in [1.82, 2.24) is 4.57 Å². The van der Waals surface area contributed by atoms with E-state index in [4.69, 9.17) is 13.9 Å². The van der Waals surface area contributed by atoms with E-state index in [2.05, 4.69) is 33.9 Å². The van der Waals surface area contributed by atoms with Crippen molar-refractivity contribution in [2.45, 2.75) is 45.5 Å². The Kier molecular flexibility index (Phi) is 8.12. The maximum Gasteiger partial charge on any atom is 0.267 e. The molecule has 1 heterocycles. The van der Waals surface area contributed by atoms with Gasteiger partial charge >= 0.3 is 0 Å². The summed E-state index contributed by atoms with van der Waals surface area (Å²) in [6.07, 6.45) is 1.66. The molecule has 5 nitrogen and oxygen atoms in total. The highest BCUT2D eigenvalue weighted by atomic mass is 127. The third-order valence-electron chi connectivity index (χ3n) is 6.33. The Hall–Kier alpha value is -2.24. The van der Waals surface area contributed by atoms with Crippen molar-refractivity contribution in [3.8, 4) is 28.4 Å². The summed E-state index contributed by atoms with van der Waals surface area (Å²) in [5.41, 5.74) is 1.89. The molecule has 0 bridgehead atoms. The molecule has 188 valence electrons. The van der Waals surface area contributed by atoms with Crippen LogP contribution in [0.15, 0.2) is 47.4 Å². The van der Waals surface area contributed by atoms with Gasteiger partial charge in [0.15, 0.2) is 19.9 Å². The number of hydrogen-bond acceptors (Lipinski definition) is 4. The number of methoxy groups -OCH3 is 1. The number of nitrogens with zero attached hydrogens (tertiary/aromatic N) is 1. The first kappa shape index (κ1) is 27.3. The summed E-state index contributed by atoms with van der Waals surface area (Å²) < 4.78 is 47.5. The summed E-state index contributed by atoms with van der Waals surface area (Å²) >= 11 is 1.95. The van der Waals surface area contributed by atoms with Crippen molar-refractivity contribution >= 4 is 30.9 Å². The molecule has 0 fully saturated rings. The Labute approximate surface area is 219 Å². The van der Waals surface area contributed by atoms with Crippen LogP contribution in [0.4, 0.5) is 8.78 Å². The number of benzene rings is 2. The van der Waals surface area contributed by atoms with Crippen molar-refractivity contribution < 1.29 is 22.7 Å². The molecule has 35 heavy (non-hydrogen) atoms. The van der Waals surface area contributed by atoms with E-state index in [0.29, 0.717) is 32.8 Å². The summed E-state index contributed by atoms with van der Waals surface area (Å²) in [5, 5.41) is 0.0516. The van der Waals surface area contributed by atoms with E-state index in [-0.39, 0.29) is 16.3 Å². The molecule has 0 radical (unpaired) electrons. The van der Waals surface area contributed by atoms with Crippen LogP contribution in [0.1, 0.15) is 26.3 Å². The normalized spacial score (nSPS) is 12.1. The lowest BCUT2D eigenvalue weighted by Gasteiger charge is -2.36. The highest BCUT2D eigenvalue weighted by Crippen LogP contribution is 2.41. The minimum Gasteiger partial charge on any atom is -0.495 e. The van der Waals surface area contributed by atoms with Gasteiger partial charge in [-0.2, -0.15) is 0 Å². The van der Waals surface area contributed by atoms with Crippen LogP contribution in [0.5, 0.6) is 17.2 Å². The average molecular weight is 614 g/mol. The zero-order chi connectivity index (χ0) is 26.1. The minimum absolute atomic E-state index is 0.0516. The molecule has 0 aliphatic carbocycles. The van der Waals surface area contributed by atoms with Gasteiger partial charge < -0.3 is 18.5 Å². The second-order valence-corrected chi connectivity index (χ2v) is 15.8. The fraction of sp³-hybridized carbons (Fsp3) is 0.346. The van der Waals surface area contributed by atoms with Crippen molar-refractivity contribution in [1.29, 1.82) is 0 Å². The van der Waals surface area contributed by atoms with Gasteiger partial charge in [0.25, 0.3) is 5.56 Å². The number of ether oxygens (including phenoxy) is 2. The molecule has 1 aromatic heterocycles.